The molecule has 0 bridgehead atoms. The van der Waals surface area contributed by atoms with E-state index >= 15 is 0 Å². The van der Waals surface area contributed by atoms with Crippen LogP contribution in [-0.4, -0.2) is 20.5 Å². The van der Waals surface area contributed by atoms with Crippen molar-refractivity contribution in [1.29, 1.82) is 0 Å². The SMILES string of the molecule is CC(C)(C)[Si](C)(C)OC1C=CC2=c3c(=O)oc4ccccc4c3=COC2C1. The van der Waals surface area contributed by atoms with Gasteiger partial charge < -0.3 is 13.6 Å². The maximum Gasteiger partial charge on any atom is 0.344 e. The maximum atomic E-state index is 12.7. The molecule has 2 aromatic rings. The van der Waals surface area contributed by atoms with Crippen molar-refractivity contribution in [3.63, 3.8) is 0 Å². The summed E-state index contributed by atoms with van der Waals surface area (Å²) in [6.45, 7) is 11.2. The third-order valence-corrected chi connectivity index (χ3v) is 10.5. The number of fused-ring (bicyclic) bond motifs is 4. The minimum Gasteiger partial charge on any atom is -0.493 e. The van der Waals surface area contributed by atoms with Crippen LogP contribution in [0.25, 0.3) is 22.8 Å². The highest BCUT2D eigenvalue weighted by Gasteiger charge is 2.40. The highest BCUT2D eigenvalue weighted by Crippen LogP contribution is 2.39. The van der Waals surface area contributed by atoms with E-state index in [4.69, 9.17) is 13.6 Å². The van der Waals surface area contributed by atoms with Gasteiger partial charge in [0.15, 0.2) is 8.32 Å². The largest absolute Gasteiger partial charge is 0.493 e. The van der Waals surface area contributed by atoms with Crippen LogP contribution in [0.1, 0.15) is 27.2 Å². The van der Waals surface area contributed by atoms with Gasteiger partial charge in [-0.2, -0.15) is 0 Å². The molecular weight excluding hydrogens is 356 g/mol. The van der Waals surface area contributed by atoms with E-state index < -0.39 is 8.32 Å². The maximum absolute atomic E-state index is 12.7. The van der Waals surface area contributed by atoms with Gasteiger partial charge in [0.25, 0.3) is 0 Å². The lowest BCUT2D eigenvalue weighted by molar-refractivity contribution is 0.138. The zero-order valence-corrected chi connectivity index (χ0v) is 17.5. The zero-order valence-electron chi connectivity index (χ0n) is 16.5. The van der Waals surface area contributed by atoms with Gasteiger partial charge in [0.05, 0.1) is 17.6 Å². The van der Waals surface area contributed by atoms with Crippen LogP contribution >= 0.6 is 0 Å². The monoisotopic (exact) mass is 382 g/mol. The van der Waals surface area contributed by atoms with Crippen LogP contribution in [0.3, 0.4) is 0 Å². The minimum atomic E-state index is -1.87. The quantitative estimate of drug-likeness (QED) is 0.590. The van der Waals surface area contributed by atoms with Gasteiger partial charge in [0.2, 0.25) is 0 Å². The molecule has 2 atom stereocenters. The summed E-state index contributed by atoms with van der Waals surface area (Å²) in [5.74, 6) is 0. The molecule has 142 valence electrons. The Balaban J connectivity index is 1.79. The summed E-state index contributed by atoms with van der Waals surface area (Å²) in [5.41, 5.74) is 1.16. The van der Waals surface area contributed by atoms with Gasteiger partial charge in [0.1, 0.15) is 11.7 Å². The molecule has 0 saturated heterocycles. The van der Waals surface area contributed by atoms with E-state index in [1.807, 2.05) is 24.3 Å². The van der Waals surface area contributed by atoms with Gasteiger partial charge in [-0.05, 0) is 24.2 Å². The topological polar surface area (TPSA) is 48.7 Å². The fraction of sp³-hybridized carbons (Fsp3) is 0.409. The van der Waals surface area contributed by atoms with E-state index in [1.54, 1.807) is 12.3 Å². The van der Waals surface area contributed by atoms with Crippen LogP contribution < -0.4 is 16.1 Å². The molecule has 1 aromatic carbocycles. The standard InChI is InChI=1S/C22H26O4Si/c1-22(2,3)27(4,5)26-14-10-11-16-19(12-14)24-13-17-15-8-6-7-9-18(15)25-21(23)20(16)17/h6-11,13-14,19H,12H2,1-5H3. The number of benzene rings is 1. The molecular formula is C22H26O4Si. The molecule has 2 aliphatic rings. The Bertz CT molecular complexity index is 1100. The summed E-state index contributed by atoms with van der Waals surface area (Å²) in [7, 11) is -1.87. The number of rotatable bonds is 2. The van der Waals surface area contributed by atoms with Gasteiger partial charge >= 0.3 is 5.63 Å². The molecule has 4 nitrogen and oxygen atoms in total. The van der Waals surface area contributed by atoms with Gasteiger partial charge in [0, 0.05) is 22.6 Å². The predicted octanol–water partition coefficient (Wildman–Crippen LogP) is 3.43. The van der Waals surface area contributed by atoms with Crippen molar-refractivity contribution in [1.82, 2.24) is 0 Å². The predicted molar refractivity (Wildman–Crippen MR) is 110 cm³/mol. The molecule has 27 heavy (non-hydrogen) atoms. The fourth-order valence-corrected chi connectivity index (χ4v) is 4.76. The van der Waals surface area contributed by atoms with Crippen LogP contribution in [0.15, 0.2) is 45.6 Å². The first-order chi connectivity index (χ1) is 12.7. The lowest BCUT2D eigenvalue weighted by Gasteiger charge is -2.40. The molecule has 2 unspecified atom stereocenters. The summed E-state index contributed by atoms with van der Waals surface area (Å²) in [6.07, 6.45) is 6.30. The van der Waals surface area contributed by atoms with Crippen LogP contribution in [-0.2, 0) is 9.16 Å². The molecule has 1 aliphatic heterocycles. The van der Waals surface area contributed by atoms with Crippen molar-refractivity contribution < 1.29 is 13.6 Å². The molecule has 0 spiro atoms. The minimum absolute atomic E-state index is 0.00193. The molecule has 0 fully saturated rings. The van der Waals surface area contributed by atoms with E-state index in [-0.39, 0.29) is 22.9 Å². The van der Waals surface area contributed by atoms with E-state index in [9.17, 15) is 4.79 Å². The first kappa shape index (κ1) is 18.3. The van der Waals surface area contributed by atoms with Crippen LogP contribution in [0.5, 0.6) is 0 Å². The summed E-state index contributed by atoms with van der Waals surface area (Å²) in [5, 5.41) is 2.47. The Morgan fingerprint density at radius 3 is 2.67 bits per heavy atom. The Hall–Kier alpha value is -2.11. The second-order valence-corrected chi connectivity index (χ2v) is 13.6. The fourth-order valence-electron chi connectivity index (χ4n) is 3.47. The molecule has 5 heteroatoms. The number of hydrogen-bond acceptors (Lipinski definition) is 4. The van der Waals surface area contributed by atoms with E-state index in [1.165, 1.54) is 0 Å². The smallest absolute Gasteiger partial charge is 0.344 e. The summed E-state index contributed by atoms with van der Waals surface area (Å²) < 4.78 is 18.1. The Labute approximate surface area is 159 Å². The summed E-state index contributed by atoms with van der Waals surface area (Å²) in [4.78, 5) is 12.7. The molecule has 2 heterocycles. The van der Waals surface area contributed by atoms with Crippen molar-refractivity contribution in [2.75, 3.05) is 0 Å². The second kappa shape index (κ2) is 6.21. The Morgan fingerprint density at radius 2 is 1.93 bits per heavy atom. The molecule has 0 saturated carbocycles. The summed E-state index contributed by atoms with van der Waals surface area (Å²) >= 11 is 0. The lowest BCUT2D eigenvalue weighted by atomic mass is 9.93. The van der Waals surface area contributed by atoms with Crippen molar-refractivity contribution in [2.45, 2.75) is 57.5 Å². The highest BCUT2D eigenvalue weighted by atomic mass is 28.4. The molecule has 0 N–H and O–H groups in total. The third kappa shape index (κ3) is 3.09. The first-order valence-corrected chi connectivity index (χ1v) is 12.4. The number of hydrogen-bond donors (Lipinski definition) is 0. The van der Waals surface area contributed by atoms with Crippen molar-refractivity contribution in [3.8, 4) is 0 Å². The molecule has 0 amide bonds. The van der Waals surface area contributed by atoms with Crippen molar-refractivity contribution in [2.24, 2.45) is 0 Å². The normalized spacial score (nSPS) is 22.0. The molecule has 1 aliphatic carbocycles. The number of para-hydroxylation sites is 1. The van der Waals surface area contributed by atoms with Gasteiger partial charge in [-0.3, -0.25) is 0 Å². The van der Waals surface area contributed by atoms with E-state index in [2.05, 4.69) is 39.9 Å². The lowest BCUT2D eigenvalue weighted by Crippen LogP contribution is -2.49. The Morgan fingerprint density at radius 1 is 1.19 bits per heavy atom. The Kier molecular flexibility index (Phi) is 4.20. The van der Waals surface area contributed by atoms with E-state index in [0.29, 0.717) is 17.2 Å². The summed E-state index contributed by atoms with van der Waals surface area (Å²) in [6, 6.07) is 7.56. The molecule has 0 radical (unpaired) electrons. The second-order valence-electron chi connectivity index (χ2n) is 8.88. The van der Waals surface area contributed by atoms with Gasteiger partial charge in [-0.15, -0.1) is 0 Å². The van der Waals surface area contributed by atoms with Crippen molar-refractivity contribution >= 4 is 31.1 Å². The van der Waals surface area contributed by atoms with Crippen LogP contribution in [0.2, 0.25) is 18.1 Å². The van der Waals surface area contributed by atoms with Gasteiger partial charge in [-0.25, -0.2) is 4.79 Å². The first-order valence-electron chi connectivity index (χ1n) is 9.45. The molecule has 4 rings (SSSR count). The average molecular weight is 383 g/mol. The van der Waals surface area contributed by atoms with Crippen LogP contribution in [0.4, 0.5) is 0 Å². The van der Waals surface area contributed by atoms with Crippen LogP contribution in [0, 0.1) is 0 Å². The highest BCUT2D eigenvalue weighted by molar-refractivity contribution is 6.74. The van der Waals surface area contributed by atoms with Crippen molar-refractivity contribution in [3.05, 3.63) is 57.3 Å². The third-order valence-electron chi connectivity index (χ3n) is 6.03. The van der Waals surface area contributed by atoms with E-state index in [0.717, 1.165) is 16.2 Å². The zero-order chi connectivity index (χ0) is 19.4. The van der Waals surface area contributed by atoms with Gasteiger partial charge in [-0.1, -0.05) is 51.1 Å². The number of ether oxygens (including phenoxy) is 1. The average Bonchev–Trinajstić information content (AvgIpc) is 2.60. The molecule has 1 aromatic heterocycles.